The molecule has 0 radical (unpaired) electrons. The molecule has 1 aliphatic rings. The van der Waals surface area contributed by atoms with Crippen LogP contribution >= 0.6 is 23.5 Å². The van der Waals surface area contributed by atoms with Gasteiger partial charge in [-0.15, -0.1) is 10.9 Å². The molecule has 44 valence electrons. The molecule has 0 bridgehead atoms. The largest absolute Gasteiger partial charge is 0.276 e. The second-order valence-corrected chi connectivity index (χ2v) is 3.95. The van der Waals surface area contributed by atoms with E-state index in [1.54, 1.807) is 0 Å². The summed E-state index contributed by atoms with van der Waals surface area (Å²) in [7, 11) is -0.640. The molecule has 0 atom stereocenters. The first-order valence-corrected chi connectivity index (χ1v) is 4.09. The number of thiol groups is 2. The van der Waals surface area contributed by atoms with E-state index in [-0.39, 0.29) is 4.45 Å². The lowest BCUT2D eigenvalue weighted by atomic mass is 10.6. The van der Waals surface area contributed by atoms with Crippen molar-refractivity contribution in [2.24, 2.45) is 0 Å². The first kappa shape index (κ1) is 5.98. The Balaban J connectivity index is 2.62. The van der Waals surface area contributed by atoms with Crippen molar-refractivity contribution < 1.29 is 4.79 Å². The van der Waals surface area contributed by atoms with Crippen LogP contribution in [-0.4, -0.2) is 4.45 Å². The Morgan fingerprint density at radius 3 is 2.12 bits per heavy atom. The summed E-state index contributed by atoms with van der Waals surface area (Å²) >= 11 is 3.68. The molecule has 3 heteroatoms. The second-order valence-electron chi connectivity index (χ2n) is 1.37. The third kappa shape index (κ3) is 1.17. The molecule has 0 saturated carbocycles. The fourth-order valence-electron chi connectivity index (χ4n) is 0.462. The van der Waals surface area contributed by atoms with Crippen molar-refractivity contribution in [2.45, 2.75) is 0 Å². The topological polar surface area (TPSA) is 17.1 Å². The summed E-state index contributed by atoms with van der Waals surface area (Å²) in [5, 5.41) is 3.76. The van der Waals surface area contributed by atoms with Crippen LogP contribution in [0.4, 0.5) is 4.79 Å². The highest BCUT2D eigenvalue weighted by molar-refractivity contribution is 8.46. The third-order valence-corrected chi connectivity index (χ3v) is 2.95. The van der Waals surface area contributed by atoms with E-state index in [0.717, 1.165) is 0 Å². The summed E-state index contributed by atoms with van der Waals surface area (Å²) in [6.45, 7) is 0. The fourth-order valence-corrected chi connectivity index (χ4v) is 1.79. The standard InChI is InChI=1S/C5H6OS2/c6-5(7)8-3-1-2-4-8/h1-4,8H,(H,6,7). The van der Waals surface area contributed by atoms with Crippen molar-refractivity contribution >= 4 is 28.0 Å². The Hall–Kier alpha value is -0.150. The van der Waals surface area contributed by atoms with E-state index in [1.807, 2.05) is 23.0 Å². The van der Waals surface area contributed by atoms with E-state index in [0.29, 0.717) is 0 Å². The highest BCUT2D eigenvalue weighted by Crippen LogP contribution is 2.35. The molecule has 0 saturated heterocycles. The molecule has 8 heavy (non-hydrogen) atoms. The van der Waals surface area contributed by atoms with Crippen molar-refractivity contribution in [3.05, 3.63) is 23.0 Å². The van der Waals surface area contributed by atoms with Gasteiger partial charge in [-0.3, -0.25) is 4.79 Å². The molecule has 0 unspecified atom stereocenters. The molecule has 1 rings (SSSR count). The molecule has 0 aromatic carbocycles. The number of hydrogen-bond acceptors (Lipinski definition) is 1. The maximum absolute atomic E-state index is 10.4. The minimum atomic E-state index is -0.640. The lowest BCUT2D eigenvalue weighted by Gasteiger charge is -1.98. The van der Waals surface area contributed by atoms with Crippen LogP contribution in [-0.2, 0) is 0 Å². The minimum absolute atomic E-state index is 0.0231. The molecule has 0 N–H and O–H groups in total. The van der Waals surface area contributed by atoms with E-state index in [2.05, 4.69) is 12.6 Å². The number of allylic oxidation sites excluding steroid dienone is 2. The van der Waals surface area contributed by atoms with Crippen LogP contribution in [0.1, 0.15) is 0 Å². The molecule has 0 aliphatic carbocycles. The maximum Gasteiger partial charge on any atom is 0.230 e. The minimum Gasteiger partial charge on any atom is -0.276 e. The predicted molar refractivity (Wildman–Crippen MR) is 41.6 cm³/mol. The summed E-state index contributed by atoms with van der Waals surface area (Å²) in [6.07, 6.45) is 3.75. The molecule has 1 aliphatic heterocycles. The monoisotopic (exact) mass is 146 g/mol. The van der Waals surface area contributed by atoms with Gasteiger partial charge in [0.15, 0.2) is 0 Å². The van der Waals surface area contributed by atoms with Crippen LogP contribution in [0.2, 0.25) is 0 Å². The SMILES string of the molecule is O=C(S)[SH]1C=CC=C1. The van der Waals surface area contributed by atoms with Gasteiger partial charge in [0.25, 0.3) is 0 Å². The van der Waals surface area contributed by atoms with Gasteiger partial charge in [-0.1, -0.05) is 24.8 Å². The summed E-state index contributed by atoms with van der Waals surface area (Å²) in [6, 6.07) is 0. The van der Waals surface area contributed by atoms with Gasteiger partial charge in [0.05, 0.1) is 0 Å². The van der Waals surface area contributed by atoms with Crippen LogP contribution in [0, 0.1) is 0 Å². The summed E-state index contributed by atoms with van der Waals surface area (Å²) in [5.41, 5.74) is 0. The Bertz CT molecular complexity index is 148. The zero-order valence-electron chi connectivity index (χ0n) is 4.11. The van der Waals surface area contributed by atoms with Crippen molar-refractivity contribution in [2.75, 3.05) is 0 Å². The molecule has 1 nitrogen and oxygen atoms in total. The van der Waals surface area contributed by atoms with Crippen molar-refractivity contribution in [3.8, 4) is 0 Å². The molecule has 0 fully saturated rings. The molecular formula is C5H6OS2. The smallest absolute Gasteiger partial charge is 0.230 e. The van der Waals surface area contributed by atoms with Crippen molar-refractivity contribution in [1.29, 1.82) is 0 Å². The van der Waals surface area contributed by atoms with Crippen molar-refractivity contribution in [1.82, 2.24) is 0 Å². The van der Waals surface area contributed by atoms with Gasteiger partial charge < -0.3 is 0 Å². The highest BCUT2D eigenvalue weighted by atomic mass is 32.2. The second kappa shape index (κ2) is 2.42. The first-order valence-electron chi connectivity index (χ1n) is 2.17. The van der Waals surface area contributed by atoms with E-state index >= 15 is 0 Å². The lowest BCUT2D eigenvalue weighted by molar-refractivity contribution is 0.277. The zero-order valence-corrected chi connectivity index (χ0v) is 5.90. The number of hydrogen-bond donors (Lipinski definition) is 2. The average Bonchev–Trinajstić information content (AvgIpc) is 2.12. The summed E-state index contributed by atoms with van der Waals surface area (Å²) in [4.78, 5) is 10.4. The van der Waals surface area contributed by atoms with Crippen LogP contribution in [0.25, 0.3) is 0 Å². The molecule has 0 aromatic heterocycles. The van der Waals surface area contributed by atoms with Gasteiger partial charge in [-0.2, -0.15) is 0 Å². The first-order chi connectivity index (χ1) is 3.80. The predicted octanol–water partition coefficient (Wildman–Crippen LogP) is 2.08. The maximum atomic E-state index is 10.4. The number of carbonyl (C=O) groups excluding carboxylic acids is 1. The lowest BCUT2D eigenvalue weighted by Crippen LogP contribution is -1.74. The quantitative estimate of drug-likeness (QED) is 0.500. The number of rotatable bonds is 0. The van der Waals surface area contributed by atoms with Crippen molar-refractivity contribution in [3.63, 3.8) is 0 Å². The Morgan fingerprint density at radius 1 is 1.38 bits per heavy atom. The third-order valence-electron chi connectivity index (χ3n) is 0.825. The van der Waals surface area contributed by atoms with E-state index < -0.39 is 10.9 Å². The van der Waals surface area contributed by atoms with Crippen LogP contribution < -0.4 is 0 Å². The van der Waals surface area contributed by atoms with Gasteiger partial charge >= 0.3 is 0 Å². The molecule has 0 amide bonds. The van der Waals surface area contributed by atoms with Crippen LogP contribution in [0.15, 0.2) is 23.0 Å². The molecular weight excluding hydrogens is 140 g/mol. The van der Waals surface area contributed by atoms with Gasteiger partial charge in [0, 0.05) is 0 Å². The molecule has 1 heterocycles. The number of carbonyl (C=O) groups is 1. The van der Waals surface area contributed by atoms with E-state index in [4.69, 9.17) is 0 Å². The summed E-state index contributed by atoms with van der Waals surface area (Å²) in [5.74, 6) is 0. The zero-order chi connectivity index (χ0) is 5.98. The van der Waals surface area contributed by atoms with Crippen LogP contribution in [0.5, 0.6) is 0 Å². The van der Waals surface area contributed by atoms with Gasteiger partial charge in [-0.05, 0) is 10.8 Å². The molecule has 0 aromatic rings. The Morgan fingerprint density at radius 2 is 1.88 bits per heavy atom. The summed E-state index contributed by atoms with van der Waals surface area (Å²) < 4.78 is -0.0231. The normalized spacial score (nSPS) is 19.9. The fraction of sp³-hybridized carbons (Fsp3) is 0. The van der Waals surface area contributed by atoms with E-state index in [9.17, 15) is 4.79 Å². The van der Waals surface area contributed by atoms with Gasteiger partial charge in [0.2, 0.25) is 4.45 Å². The van der Waals surface area contributed by atoms with Gasteiger partial charge in [0.1, 0.15) is 0 Å². The van der Waals surface area contributed by atoms with Gasteiger partial charge in [-0.25, -0.2) is 0 Å². The Labute approximate surface area is 56.2 Å². The Kier molecular flexibility index (Phi) is 1.81. The van der Waals surface area contributed by atoms with E-state index in [1.165, 1.54) is 0 Å². The average molecular weight is 146 g/mol. The highest BCUT2D eigenvalue weighted by Gasteiger charge is 2.02. The van der Waals surface area contributed by atoms with Crippen LogP contribution in [0.3, 0.4) is 0 Å². The molecule has 0 spiro atoms.